The molecule has 1 saturated heterocycles. The fraction of sp³-hybridized carbons (Fsp3) is 0.412. The van der Waals surface area contributed by atoms with Gasteiger partial charge in [-0.25, -0.2) is 9.97 Å². The van der Waals surface area contributed by atoms with Gasteiger partial charge in [0.2, 0.25) is 0 Å². The summed E-state index contributed by atoms with van der Waals surface area (Å²) in [6.07, 6.45) is 3.02. The SMILES string of the molecule is CCCc1cc(N2CCC(N)C2)nc(-c2cccc(Cl)c2)n1. The summed E-state index contributed by atoms with van der Waals surface area (Å²) in [4.78, 5) is 11.7. The zero-order valence-electron chi connectivity index (χ0n) is 12.8. The van der Waals surface area contributed by atoms with Gasteiger partial charge in [-0.3, -0.25) is 0 Å². The van der Waals surface area contributed by atoms with Gasteiger partial charge in [-0.1, -0.05) is 37.1 Å². The molecule has 0 amide bonds. The van der Waals surface area contributed by atoms with Crippen LogP contribution in [-0.2, 0) is 6.42 Å². The summed E-state index contributed by atoms with van der Waals surface area (Å²) in [7, 11) is 0. The molecule has 1 aliphatic heterocycles. The number of aryl methyl sites for hydroxylation is 1. The number of benzene rings is 1. The molecule has 5 heteroatoms. The first-order valence-corrected chi connectivity index (χ1v) is 8.18. The lowest BCUT2D eigenvalue weighted by molar-refractivity contribution is 0.751. The molecule has 1 aliphatic rings. The molecule has 22 heavy (non-hydrogen) atoms. The van der Waals surface area contributed by atoms with Crippen LogP contribution in [0.1, 0.15) is 25.5 Å². The normalized spacial score (nSPS) is 18.0. The monoisotopic (exact) mass is 316 g/mol. The fourth-order valence-corrected chi connectivity index (χ4v) is 2.97. The van der Waals surface area contributed by atoms with Crippen molar-refractivity contribution in [1.82, 2.24) is 9.97 Å². The van der Waals surface area contributed by atoms with Crippen molar-refractivity contribution in [2.24, 2.45) is 5.73 Å². The van der Waals surface area contributed by atoms with E-state index in [1.54, 1.807) is 0 Å². The van der Waals surface area contributed by atoms with E-state index in [2.05, 4.69) is 17.9 Å². The Balaban J connectivity index is 2.00. The number of halogens is 1. The summed E-state index contributed by atoms with van der Waals surface area (Å²) in [5.74, 6) is 1.71. The van der Waals surface area contributed by atoms with Crippen LogP contribution >= 0.6 is 11.6 Å². The third kappa shape index (κ3) is 3.39. The van der Waals surface area contributed by atoms with E-state index in [0.29, 0.717) is 5.02 Å². The first-order chi connectivity index (χ1) is 10.7. The first-order valence-electron chi connectivity index (χ1n) is 7.80. The number of hydrogen-bond donors (Lipinski definition) is 1. The first kappa shape index (κ1) is 15.3. The number of hydrogen-bond acceptors (Lipinski definition) is 4. The minimum Gasteiger partial charge on any atom is -0.355 e. The number of anilines is 1. The molecule has 1 unspecified atom stereocenters. The molecule has 2 N–H and O–H groups in total. The molecule has 0 bridgehead atoms. The van der Waals surface area contributed by atoms with Gasteiger partial charge in [0.05, 0.1) is 0 Å². The number of nitrogens with two attached hydrogens (primary N) is 1. The standard InChI is InChI=1S/C17H21ClN4/c1-2-4-15-10-16(22-8-7-14(19)11-22)21-17(20-15)12-5-3-6-13(18)9-12/h3,5-6,9-10,14H,2,4,7-8,11,19H2,1H3. The van der Waals surface area contributed by atoms with Gasteiger partial charge in [0.25, 0.3) is 0 Å². The maximum absolute atomic E-state index is 6.10. The highest BCUT2D eigenvalue weighted by molar-refractivity contribution is 6.30. The molecular formula is C17H21ClN4. The van der Waals surface area contributed by atoms with Gasteiger partial charge in [-0.05, 0) is 25.0 Å². The van der Waals surface area contributed by atoms with Crippen LogP contribution in [0, 0.1) is 0 Å². The predicted molar refractivity (Wildman–Crippen MR) is 91.3 cm³/mol. The molecule has 4 nitrogen and oxygen atoms in total. The average molecular weight is 317 g/mol. The Morgan fingerprint density at radius 2 is 2.18 bits per heavy atom. The molecule has 0 aliphatic carbocycles. The zero-order chi connectivity index (χ0) is 15.5. The van der Waals surface area contributed by atoms with E-state index < -0.39 is 0 Å². The Hall–Kier alpha value is -1.65. The molecule has 1 aromatic heterocycles. The van der Waals surface area contributed by atoms with Gasteiger partial charge in [0.15, 0.2) is 5.82 Å². The largest absolute Gasteiger partial charge is 0.355 e. The summed E-state index contributed by atoms with van der Waals surface area (Å²) in [5, 5.41) is 0.701. The molecular weight excluding hydrogens is 296 g/mol. The van der Waals surface area contributed by atoms with Crippen molar-refractivity contribution in [2.45, 2.75) is 32.2 Å². The van der Waals surface area contributed by atoms with Crippen molar-refractivity contribution in [1.29, 1.82) is 0 Å². The smallest absolute Gasteiger partial charge is 0.161 e. The van der Waals surface area contributed by atoms with E-state index >= 15 is 0 Å². The Kier molecular flexibility index (Phi) is 4.60. The lowest BCUT2D eigenvalue weighted by Gasteiger charge is -2.18. The topological polar surface area (TPSA) is 55.0 Å². The van der Waals surface area contributed by atoms with Crippen molar-refractivity contribution in [3.63, 3.8) is 0 Å². The highest BCUT2D eigenvalue weighted by atomic mass is 35.5. The predicted octanol–water partition coefficient (Wildman–Crippen LogP) is 3.29. The lowest BCUT2D eigenvalue weighted by Crippen LogP contribution is -2.27. The number of nitrogens with zero attached hydrogens (tertiary/aromatic N) is 3. The van der Waals surface area contributed by atoms with Crippen molar-refractivity contribution in [3.8, 4) is 11.4 Å². The van der Waals surface area contributed by atoms with Crippen LogP contribution in [-0.4, -0.2) is 29.1 Å². The lowest BCUT2D eigenvalue weighted by atomic mass is 10.2. The Morgan fingerprint density at radius 3 is 2.86 bits per heavy atom. The van der Waals surface area contributed by atoms with Gasteiger partial charge >= 0.3 is 0 Å². The van der Waals surface area contributed by atoms with Crippen LogP contribution in [0.5, 0.6) is 0 Å². The van der Waals surface area contributed by atoms with E-state index in [9.17, 15) is 0 Å². The van der Waals surface area contributed by atoms with Crippen LogP contribution in [0.15, 0.2) is 30.3 Å². The molecule has 0 radical (unpaired) electrons. The molecule has 1 aromatic carbocycles. The second-order valence-electron chi connectivity index (χ2n) is 5.80. The van der Waals surface area contributed by atoms with Crippen LogP contribution in [0.25, 0.3) is 11.4 Å². The summed E-state index contributed by atoms with van der Waals surface area (Å²) in [5.41, 5.74) is 8.05. The summed E-state index contributed by atoms with van der Waals surface area (Å²) < 4.78 is 0. The van der Waals surface area contributed by atoms with E-state index in [1.165, 1.54) is 0 Å². The van der Waals surface area contributed by atoms with E-state index in [1.807, 2.05) is 24.3 Å². The van der Waals surface area contributed by atoms with E-state index in [0.717, 1.165) is 55.3 Å². The van der Waals surface area contributed by atoms with Gasteiger partial charge in [0, 0.05) is 41.5 Å². The quantitative estimate of drug-likeness (QED) is 0.940. The van der Waals surface area contributed by atoms with Crippen molar-refractivity contribution >= 4 is 17.4 Å². The maximum atomic E-state index is 6.10. The molecule has 1 fully saturated rings. The minimum atomic E-state index is 0.235. The molecule has 1 atom stereocenters. The summed E-state index contributed by atoms with van der Waals surface area (Å²) in [6.45, 7) is 3.98. The van der Waals surface area contributed by atoms with E-state index in [-0.39, 0.29) is 6.04 Å². The maximum Gasteiger partial charge on any atom is 0.161 e. The fourth-order valence-electron chi connectivity index (χ4n) is 2.78. The summed E-state index contributed by atoms with van der Waals surface area (Å²) in [6, 6.07) is 10.0. The van der Waals surface area contributed by atoms with Crippen molar-refractivity contribution in [2.75, 3.05) is 18.0 Å². The minimum absolute atomic E-state index is 0.235. The van der Waals surface area contributed by atoms with E-state index in [4.69, 9.17) is 27.3 Å². The summed E-state index contributed by atoms with van der Waals surface area (Å²) >= 11 is 6.10. The molecule has 0 saturated carbocycles. The molecule has 2 aromatic rings. The Bertz CT molecular complexity index is 659. The van der Waals surface area contributed by atoms with Gasteiger partial charge in [-0.2, -0.15) is 0 Å². The Labute approximate surface area is 136 Å². The molecule has 0 spiro atoms. The molecule has 3 rings (SSSR count). The number of rotatable bonds is 4. The van der Waals surface area contributed by atoms with Crippen LogP contribution < -0.4 is 10.6 Å². The van der Waals surface area contributed by atoms with Crippen LogP contribution in [0.3, 0.4) is 0 Å². The highest BCUT2D eigenvalue weighted by Gasteiger charge is 2.21. The average Bonchev–Trinajstić information content (AvgIpc) is 2.94. The van der Waals surface area contributed by atoms with Crippen molar-refractivity contribution in [3.05, 3.63) is 41.0 Å². The Morgan fingerprint density at radius 1 is 1.32 bits per heavy atom. The van der Waals surface area contributed by atoms with Crippen LogP contribution in [0.4, 0.5) is 5.82 Å². The third-order valence-corrected chi connectivity index (χ3v) is 4.14. The third-order valence-electron chi connectivity index (χ3n) is 3.90. The van der Waals surface area contributed by atoms with Crippen LogP contribution in [0.2, 0.25) is 5.02 Å². The molecule has 116 valence electrons. The second kappa shape index (κ2) is 6.63. The van der Waals surface area contributed by atoms with Gasteiger partial charge in [-0.15, -0.1) is 0 Å². The highest BCUT2D eigenvalue weighted by Crippen LogP contribution is 2.25. The van der Waals surface area contributed by atoms with Gasteiger partial charge in [0.1, 0.15) is 5.82 Å². The van der Waals surface area contributed by atoms with Crippen molar-refractivity contribution < 1.29 is 0 Å². The number of aromatic nitrogens is 2. The molecule has 2 heterocycles. The zero-order valence-corrected chi connectivity index (χ0v) is 13.6. The second-order valence-corrected chi connectivity index (χ2v) is 6.23. The van der Waals surface area contributed by atoms with Gasteiger partial charge < -0.3 is 10.6 Å².